The maximum absolute atomic E-state index is 13.3. The van der Waals surface area contributed by atoms with Crippen LogP contribution in [0.2, 0.25) is 0 Å². The highest BCUT2D eigenvalue weighted by Crippen LogP contribution is 2.66. The first-order chi connectivity index (χ1) is 19.3. The number of ether oxygens (including phenoxy) is 3. The number of sulfonamides is 1. The van der Waals surface area contributed by atoms with Gasteiger partial charge < -0.3 is 14.2 Å². The lowest BCUT2D eigenvalue weighted by molar-refractivity contribution is -0.123. The van der Waals surface area contributed by atoms with Gasteiger partial charge in [0.1, 0.15) is 12.4 Å². The Morgan fingerprint density at radius 2 is 1.78 bits per heavy atom. The van der Waals surface area contributed by atoms with Crippen LogP contribution in [0.4, 0.5) is 0 Å². The minimum absolute atomic E-state index is 0.00355. The van der Waals surface area contributed by atoms with Crippen LogP contribution in [0.15, 0.2) is 51.8 Å². The van der Waals surface area contributed by atoms with Crippen LogP contribution in [0.3, 0.4) is 0 Å². The molecule has 224 valence electrons. The third kappa shape index (κ3) is 5.99. The van der Waals surface area contributed by atoms with Crippen LogP contribution >= 0.6 is 34.8 Å². The summed E-state index contributed by atoms with van der Waals surface area (Å²) >= 11 is 18.0. The molecule has 0 spiro atoms. The Hall–Kier alpha value is -1.51. The number of fused-ring (bicyclic) bond motifs is 5. The van der Waals surface area contributed by atoms with Gasteiger partial charge in [-0.05, 0) is 98.6 Å². The standard InChI is InChI=1S/C31H38Cl3NO5S/c1-20-5-9-23(10-6-20)41(36,37)35-28(40-19-31(32,33)34)18-30(39-4)16-14-27-26-11-7-21-17-22(38-3)8-12-24(21)25(26)13-15-29(27,30)2/h5-6,8-10,12,17,25-27H,7,11,13-16,18-19H2,1-4H3/b35-28+/t25-,26-,27+,29+,30-/m1/s1. The lowest BCUT2D eigenvalue weighted by atomic mass is 9.53. The second-order valence-electron chi connectivity index (χ2n) is 12.0. The van der Waals surface area contributed by atoms with E-state index < -0.39 is 19.4 Å². The lowest BCUT2D eigenvalue weighted by Crippen LogP contribution is -2.53. The summed E-state index contributed by atoms with van der Waals surface area (Å²) in [4.78, 5) is 0.0815. The third-order valence-corrected chi connectivity index (χ3v) is 11.6. The van der Waals surface area contributed by atoms with Crippen molar-refractivity contribution < 1.29 is 22.6 Å². The van der Waals surface area contributed by atoms with E-state index in [0.29, 0.717) is 17.8 Å². The number of aryl methyl sites for hydroxylation is 2. The second-order valence-corrected chi connectivity index (χ2v) is 16.1. The van der Waals surface area contributed by atoms with E-state index in [1.807, 2.05) is 6.92 Å². The van der Waals surface area contributed by atoms with Gasteiger partial charge in [-0.1, -0.05) is 65.5 Å². The van der Waals surface area contributed by atoms with Crippen molar-refractivity contribution in [2.75, 3.05) is 20.8 Å². The van der Waals surface area contributed by atoms with Crippen LogP contribution in [-0.2, 0) is 25.9 Å². The fraction of sp³-hybridized carbons (Fsp3) is 0.581. The molecule has 0 N–H and O–H groups in total. The molecule has 0 amide bonds. The Morgan fingerprint density at radius 3 is 2.44 bits per heavy atom. The molecule has 41 heavy (non-hydrogen) atoms. The van der Waals surface area contributed by atoms with E-state index in [2.05, 4.69) is 29.5 Å². The van der Waals surface area contributed by atoms with Crippen LogP contribution in [0.1, 0.15) is 68.1 Å². The Morgan fingerprint density at radius 1 is 1.05 bits per heavy atom. The zero-order valence-electron chi connectivity index (χ0n) is 24.0. The molecule has 2 aromatic carbocycles. The van der Waals surface area contributed by atoms with Gasteiger partial charge in [0.25, 0.3) is 10.0 Å². The Labute approximate surface area is 258 Å². The Balaban J connectivity index is 1.46. The molecule has 2 fully saturated rings. The first-order valence-corrected chi connectivity index (χ1v) is 16.7. The monoisotopic (exact) mass is 641 g/mol. The summed E-state index contributed by atoms with van der Waals surface area (Å²) in [5, 5.41) is 0. The summed E-state index contributed by atoms with van der Waals surface area (Å²) in [5.74, 6) is 2.34. The summed E-state index contributed by atoms with van der Waals surface area (Å²) < 4.78 is 46.8. The molecule has 0 heterocycles. The van der Waals surface area contributed by atoms with Crippen molar-refractivity contribution >= 4 is 50.7 Å². The molecule has 0 aromatic heterocycles. The van der Waals surface area contributed by atoms with Crippen LogP contribution in [0.5, 0.6) is 5.75 Å². The molecule has 6 nitrogen and oxygen atoms in total. The second kappa shape index (κ2) is 11.5. The largest absolute Gasteiger partial charge is 0.497 e. The average molecular weight is 643 g/mol. The van der Waals surface area contributed by atoms with Gasteiger partial charge in [0.2, 0.25) is 9.69 Å². The average Bonchev–Trinajstić information content (AvgIpc) is 3.23. The van der Waals surface area contributed by atoms with E-state index in [0.717, 1.165) is 49.8 Å². The van der Waals surface area contributed by atoms with E-state index >= 15 is 0 Å². The predicted molar refractivity (Wildman–Crippen MR) is 164 cm³/mol. The molecule has 0 bridgehead atoms. The molecule has 2 aromatic rings. The molecule has 3 aliphatic rings. The predicted octanol–water partition coefficient (Wildman–Crippen LogP) is 7.81. The van der Waals surface area contributed by atoms with Crippen LogP contribution in [0, 0.1) is 24.2 Å². The molecule has 5 rings (SSSR count). The maximum atomic E-state index is 13.3. The summed E-state index contributed by atoms with van der Waals surface area (Å²) in [6, 6.07) is 13.1. The summed E-state index contributed by atoms with van der Waals surface area (Å²) in [7, 11) is -0.637. The van der Waals surface area contributed by atoms with Crippen LogP contribution < -0.4 is 4.74 Å². The van der Waals surface area contributed by atoms with Crippen molar-refractivity contribution in [3.8, 4) is 5.75 Å². The van der Waals surface area contributed by atoms with Gasteiger partial charge in [0, 0.05) is 12.5 Å². The number of rotatable bonds is 7. The minimum atomic E-state index is -4.06. The van der Waals surface area contributed by atoms with Gasteiger partial charge in [-0.2, -0.15) is 8.42 Å². The topological polar surface area (TPSA) is 74.2 Å². The van der Waals surface area contributed by atoms with Gasteiger partial charge in [-0.15, -0.1) is 4.40 Å². The summed E-state index contributed by atoms with van der Waals surface area (Å²) in [6.07, 6.45) is 6.04. The zero-order valence-corrected chi connectivity index (χ0v) is 27.0. The first-order valence-electron chi connectivity index (χ1n) is 14.1. The number of methoxy groups -OCH3 is 2. The number of hydrogen-bond donors (Lipinski definition) is 0. The molecule has 5 atom stereocenters. The van der Waals surface area contributed by atoms with E-state index in [4.69, 9.17) is 49.0 Å². The number of alkyl halides is 3. The quantitative estimate of drug-likeness (QED) is 0.175. The van der Waals surface area contributed by atoms with Gasteiger partial charge in [0.15, 0.2) is 0 Å². The third-order valence-electron chi connectivity index (χ3n) is 9.99. The van der Waals surface area contributed by atoms with E-state index in [1.165, 1.54) is 23.3 Å². The lowest BCUT2D eigenvalue weighted by Gasteiger charge is -2.54. The van der Waals surface area contributed by atoms with Gasteiger partial charge >= 0.3 is 0 Å². The highest BCUT2D eigenvalue weighted by Gasteiger charge is 2.63. The molecule has 3 aliphatic carbocycles. The fourth-order valence-electron chi connectivity index (χ4n) is 7.89. The summed E-state index contributed by atoms with van der Waals surface area (Å²) in [5.41, 5.74) is 2.91. The zero-order chi connectivity index (χ0) is 29.6. The number of halogens is 3. The first kappa shape index (κ1) is 30.9. The number of benzene rings is 2. The van der Waals surface area contributed by atoms with Gasteiger partial charge in [-0.3, -0.25) is 0 Å². The van der Waals surface area contributed by atoms with Crippen molar-refractivity contribution in [2.24, 2.45) is 21.6 Å². The smallest absolute Gasteiger partial charge is 0.285 e. The van der Waals surface area contributed by atoms with E-state index in [9.17, 15) is 8.42 Å². The SMILES string of the molecule is COc1ccc2c(c1)CC[C@@H]1[C@@H]2CC[C@@]2(C)[C@H]1CC[C@]2(C/C(=N\S(=O)(=O)c1ccc(C)cc1)OCC(Cl)(Cl)Cl)OC. The molecule has 2 saturated carbocycles. The fourth-order valence-corrected chi connectivity index (χ4v) is 9.03. The summed E-state index contributed by atoms with van der Waals surface area (Å²) in [6.45, 7) is 3.87. The number of nitrogens with zero attached hydrogens (tertiary/aromatic N) is 1. The van der Waals surface area contributed by atoms with Gasteiger partial charge in [-0.25, -0.2) is 0 Å². The normalized spacial score (nSPS) is 29.8. The van der Waals surface area contributed by atoms with Crippen molar-refractivity contribution in [1.82, 2.24) is 0 Å². The minimum Gasteiger partial charge on any atom is -0.497 e. The van der Waals surface area contributed by atoms with Crippen molar-refractivity contribution in [2.45, 2.75) is 79.0 Å². The molecule has 10 heteroatoms. The molecule has 0 aliphatic heterocycles. The molecular formula is C31H38Cl3NO5S. The number of hydrogen-bond acceptors (Lipinski definition) is 5. The van der Waals surface area contributed by atoms with E-state index in [-0.39, 0.29) is 29.2 Å². The highest BCUT2D eigenvalue weighted by atomic mass is 35.6. The van der Waals surface area contributed by atoms with Crippen molar-refractivity contribution in [3.63, 3.8) is 0 Å². The molecule has 0 unspecified atom stereocenters. The van der Waals surface area contributed by atoms with Crippen LogP contribution in [0.25, 0.3) is 0 Å². The van der Waals surface area contributed by atoms with Crippen molar-refractivity contribution in [1.29, 1.82) is 0 Å². The van der Waals surface area contributed by atoms with Gasteiger partial charge in [0.05, 0.1) is 24.0 Å². The molecular weight excluding hydrogens is 605 g/mol. The maximum Gasteiger partial charge on any atom is 0.285 e. The highest BCUT2D eigenvalue weighted by molar-refractivity contribution is 7.90. The Kier molecular flexibility index (Phi) is 8.70. The van der Waals surface area contributed by atoms with E-state index in [1.54, 1.807) is 26.4 Å². The molecule has 0 radical (unpaired) electrons. The van der Waals surface area contributed by atoms with Crippen LogP contribution in [-0.4, -0.2) is 44.5 Å². The Bertz CT molecular complexity index is 1410. The molecule has 0 saturated heterocycles. The van der Waals surface area contributed by atoms with Crippen molar-refractivity contribution in [3.05, 3.63) is 59.2 Å².